The van der Waals surface area contributed by atoms with Gasteiger partial charge in [0.25, 0.3) is 0 Å². The Morgan fingerprint density at radius 1 is 1.53 bits per heavy atom. The summed E-state index contributed by atoms with van der Waals surface area (Å²) in [5.74, 6) is 0.0790. The van der Waals surface area contributed by atoms with Crippen LogP contribution in [0.4, 0.5) is 10.3 Å². The van der Waals surface area contributed by atoms with E-state index < -0.39 is 5.82 Å². The predicted octanol–water partition coefficient (Wildman–Crippen LogP) is 3.11. The molecule has 0 saturated carbocycles. The number of aromatic nitrogens is 2. The second-order valence-electron chi connectivity index (χ2n) is 4.19. The van der Waals surface area contributed by atoms with E-state index in [4.69, 9.17) is 16.3 Å². The highest BCUT2D eigenvalue weighted by molar-refractivity contribution is 6.30. The third kappa shape index (κ3) is 3.05. The maximum atomic E-state index is 14.0. The summed E-state index contributed by atoms with van der Waals surface area (Å²) < 4.78 is 20.7. The molecule has 0 saturated heterocycles. The second kappa shape index (κ2) is 6.04. The van der Waals surface area contributed by atoms with Crippen LogP contribution in [0.15, 0.2) is 30.6 Å². The van der Waals surface area contributed by atoms with Crippen molar-refractivity contribution in [3.8, 4) is 5.69 Å². The van der Waals surface area contributed by atoms with Crippen molar-refractivity contribution < 1.29 is 9.13 Å². The number of methoxy groups -OCH3 is 1. The molecule has 1 unspecified atom stereocenters. The molecule has 0 bridgehead atoms. The van der Waals surface area contributed by atoms with Crippen molar-refractivity contribution in [2.45, 2.75) is 13.0 Å². The number of nitrogens with one attached hydrogen (secondary N) is 1. The van der Waals surface area contributed by atoms with Crippen LogP contribution in [0.25, 0.3) is 5.69 Å². The molecule has 1 aromatic carbocycles. The Balaban J connectivity index is 2.31. The summed E-state index contributed by atoms with van der Waals surface area (Å²) in [7, 11) is 1.63. The molecule has 1 atom stereocenters. The van der Waals surface area contributed by atoms with Gasteiger partial charge in [0.2, 0.25) is 5.95 Å². The van der Waals surface area contributed by atoms with E-state index >= 15 is 0 Å². The van der Waals surface area contributed by atoms with E-state index in [1.807, 2.05) is 6.92 Å². The zero-order chi connectivity index (χ0) is 13.8. The molecule has 19 heavy (non-hydrogen) atoms. The quantitative estimate of drug-likeness (QED) is 0.916. The first-order valence-electron chi connectivity index (χ1n) is 5.86. The van der Waals surface area contributed by atoms with Gasteiger partial charge in [-0.15, -0.1) is 0 Å². The Kier molecular flexibility index (Phi) is 4.39. The lowest BCUT2D eigenvalue weighted by Gasteiger charge is -2.15. The van der Waals surface area contributed by atoms with Crippen molar-refractivity contribution in [1.29, 1.82) is 0 Å². The molecule has 1 aromatic heterocycles. The minimum Gasteiger partial charge on any atom is -0.383 e. The topological polar surface area (TPSA) is 39.1 Å². The summed E-state index contributed by atoms with van der Waals surface area (Å²) in [5, 5.41) is 3.24. The van der Waals surface area contributed by atoms with Crippen LogP contribution in [0.5, 0.6) is 0 Å². The lowest BCUT2D eigenvalue weighted by atomic mass is 10.3. The van der Waals surface area contributed by atoms with E-state index in [1.54, 1.807) is 36.2 Å². The van der Waals surface area contributed by atoms with Crippen LogP contribution < -0.4 is 5.32 Å². The summed E-state index contributed by atoms with van der Waals surface area (Å²) >= 11 is 5.79. The van der Waals surface area contributed by atoms with Gasteiger partial charge in [0.05, 0.1) is 17.3 Å². The highest BCUT2D eigenvalue weighted by Gasteiger charge is 2.13. The number of rotatable bonds is 5. The zero-order valence-corrected chi connectivity index (χ0v) is 11.5. The highest BCUT2D eigenvalue weighted by atomic mass is 35.5. The van der Waals surface area contributed by atoms with Gasteiger partial charge < -0.3 is 10.1 Å². The van der Waals surface area contributed by atoms with E-state index in [2.05, 4.69) is 10.3 Å². The Bertz CT molecular complexity index is 559. The number of hydrogen-bond donors (Lipinski definition) is 1. The first-order chi connectivity index (χ1) is 9.13. The average Bonchev–Trinajstić information content (AvgIpc) is 2.81. The van der Waals surface area contributed by atoms with Gasteiger partial charge in [-0.05, 0) is 19.1 Å². The molecule has 0 aliphatic rings. The van der Waals surface area contributed by atoms with Crippen molar-refractivity contribution in [2.75, 3.05) is 19.0 Å². The summed E-state index contributed by atoms with van der Waals surface area (Å²) in [6.07, 6.45) is 3.28. The van der Waals surface area contributed by atoms with Crippen LogP contribution in [-0.4, -0.2) is 29.3 Å². The minimum absolute atomic E-state index is 0.0633. The maximum Gasteiger partial charge on any atom is 0.207 e. The van der Waals surface area contributed by atoms with Gasteiger partial charge in [0, 0.05) is 25.5 Å². The van der Waals surface area contributed by atoms with Crippen molar-refractivity contribution in [3.63, 3.8) is 0 Å². The molecule has 0 aliphatic carbocycles. The largest absolute Gasteiger partial charge is 0.383 e. The summed E-state index contributed by atoms with van der Waals surface area (Å²) in [6, 6.07) is 4.92. The van der Waals surface area contributed by atoms with Crippen LogP contribution in [-0.2, 0) is 4.74 Å². The minimum atomic E-state index is -0.468. The Hall–Kier alpha value is -1.59. The van der Waals surface area contributed by atoms with Crippen LogP contribution in [0, 0.1) is 5.82 Å². The van der Waals surface area contributed by atoms with Crippen molar-refractivity contribution in [3.05, 3.63) is 41.4 Å². The van der Waals surface area contributed by atoms with Gasteiger partial charge in [0.15, 0.2) is 5.82 Å². The molecule has 1 N–H and O–H groups in total. The fourth-order valence-corrected chi connectivity index (χ4v) is 1.96. The van der Waals surface area contributed by atoms with E-state index in [9.17, 15) is 4.39 Å². The highest BCUT2D eigenvalue weighted by Crippen LogP contribution is 2.23. The van der Waals surface area contributed by atoms with Gasteiger partial charge in [-0.1, -0.05) is 17.7 Å². The van der Waals surface area contributed by atoms with Crippen LogP contribution in [0.3, 0.4) is 0 Å². The molecule has 2 rings (SSSR count). The fourth-order valence-electron chi connectivity index (χ4n) is 1.80. The fraction of sp³-hybridized carbons (Fsp3) is 0.308. The molecular formula is C13H15ClFN3O. The lowest BCUT2D eigenvalue weighted by Crippen LogP contribution is -2.23. The Morgan fingerprint density at radius 3 is 3.05 bits per heavy atom. The van der Waals surface area contributed by atoms with Gasteiger partial charge in [-0.25, -0.2) is 9.37 Å². The lowest BCUT2D eigenvalue weighted by molar-refractivity contribution is 0.190. The molecule has 0 radical (unpaired) electrons. The van der Waals surface area contributed by atoms with Crippen LogP contribution in [0.1, 0.15) is 6.92 Å². The first-order valence-corrected chi connectivity index (χ1v) is 6.24. The summed E-state index contributed by atoms with van der Waals surface area (Å²) in [6.45, 7) is 2.49. The summed E-state index contributed by atoms with van der Waals surface area (Å²) in [5.41, 5.74) is 0.358. The Labute approximate surface area is 116 Å². The number of nitrogens with zero attached hydrogens (tertiary/aromatic N) is 2. The molecule has 0 amide bonds. The van der Waals surface area contributed by atoms with Crippen LogP contribution in [0.2, 0.25) is 5.02 Å². The summed E-state index contributed by atoms with van der Waals surface area (Å²) in [4.78, 5) is 4.17. The maximum absolute atomic E-state index is 14.0. The van der Waals surface area contributed by atoms with E-state index in [0.29, 0.717) is 18.2 Å². The van der Waals surface area contributed by atoms with Crippen molar-refractivity contribution in [1.82, 2.24) is 9.55 Å². The standard InChI is InChI=1S/C13H15ClFN3O/c1-9(8-19-2)17-13-16-6-7-18(13)11-5-3-4-10(14)12(11)15/h3-7,9H,8H2,1-2H3,(H,16,17). The molecular weight excluding hydrogens is 269 g/mol. The van der Waals surface area contributed by atoms with Gasteiger partial charge in [0.1, 0.15) is 0 Å². The first kappa shape index (κ1) is 13.8. The smallest absolute Gasteiger partial charge is 0.207 e. The number of ether oxygens (including phenoxy) is 1. The molecule has 2 aromatic rings. The Morgan fingerprint density at radius 2 is 2.32 bits per heavy atom. The normalized spacial score (nSPS) is 12.4. The molecule has 0 aliphatic heterocycles. The number of imidazole rings is 1. The monoisotopic (exact) mass is 283 g/mol. The van der Waals surface area contributed by atoms with Gasteiger partial charge in [-0.2, -0.15) is 0 Å². The van der Waals surface area contributed by atoms with Crippen LogP contribution >= 0.6 is 11.6 Å². The second-order valence-corrected chi connectivity index (χ2v) is 4.60. The molecule has 0 fully saturated rings. The number of benzene rings is 1. The van der Waals surface area contributed by atoms with E-state index in [0.717, 1.165) is 0 Å². The zero-order valence-electron chi connectivity index (χ0n) is 10.7. The number of anilines is 1. The van der Waals surface area contributed by atoms with Crippen molar-refractivity contribution >= 4 is 17.5 Å². The molecule has 0 spiro atoms. The molecule has 1 heterocycles. The average molecular weight is 284 g/mol. The van der Waals surface area contributed by atoms with Crippen molar-refractivity contribution in [2.24, 2.45) is 0 Å². The number of hydrogen-bond acceptors (Lipinski definition) is 3. The third-order valence-electron chi connectivity index (χ3n) is 2.62. The van der Waals surface area contributed by atoms with Gasteiger partial charge >= 0.3 is 0 Å². The predicted molar refractivity (Wildman–Crippen MR) is 73.5 cm³/mol. The molecule has 4 nitrogen and oxygen atoms in total. The number of halogens is 2. The van der Waals surface area contributed by atoms with Gasteiger partial charge in [-0.3, -0.25) is 4.57 Å². The molecule has 6 heteroatoms. The van der Waals surface area contributed by atoms with E-state index in [-0.39, 0.29) is 11.1 Å². The third-order valence-corrected chi connectivity index (χ3v) is 2.92. The SMILES string of the molecule is COCC(C)Nc1nccn1-c1cccc(Cl)c1F. The molecule has 102 valence electrons. The van der Waals surface area contributed by atoms with E-state index in [1.165, 1.54) is 6.07 Å².